The molecule has 0 spiro atoms. The molecule has 3 heteroatoms. The van der Waals surface area contributed by atoms with Crippen LogP contribution in [0.4, 0.5) is 0 Å². The Morgan fingerprint density at radius 2 is 2.12 bits per heavy atom. The number of ether oxygens (including phenoxy) is 1. The largest absolute Gasteiger partial charge is 0.389 e. The predicted molar refractivity (Wildman–Crippen MR) is 62.1 cm³/mol. The van der Waals surface area contributed by atoms with Crippen molar-refractivity contribution in [3.05, 3.63) is 30.1 Å². The quantitative estimate of drug-likeness (QED) is 0.830. The molecule has 0 bridgehead atoms. The summed E-state index contributed by atoms with van der Waals surface area (Å²) >= 11 is 0. The van der Waals surface area contributed by atoms with Gasteiger partial charge in [-0.25, -0.2) is 0 Å². The fraction of sp³-hybridized carbons (Fsp3) is 0.615. The van der Waals surface area contributed by atoms with Crippen LogP contribution in [0.1, 0.15) is 32.3 Å². The predicted octanol–water partition coefficient (Wildman–Crippen LogP) is 1.94. The van der Waals surface area contributed by atoms with Gasteiger partial charge < -0.3 is 9.84 Å². The maximum Gasteiger partial charge on any atom is 0.0737 e. The van der Waals surface area contributed by atoms with E-state index in [1.165, 1.54) is 0 Å². The van der Waals surface area contributed by atoms with Crippen molar-refractivity contribution in [3.63, 3.8) is 0 Å². The van der Waals surface area contributed by atoms with Crippen LogP contribution in [0.5, 0.6) is 0 Å². The molecule has 0 aliphatic carbocycles. The van der Waals surface area contributed by atoms with Gasteiger partial charge in [-0.2, -0.15) is 0 Å². The first kappa shape index (κ1) is 11.6. The summed E-state index contributed by atoms with van der Waals surface area (Å²) in [7, 11) is 0. The molecule has 88 valence electrons. The molecule has 2 atom stereocenters. The van der Waals surface area contributed by atoms with Crippen molar-refractivity contribution in [3.8, 4) is 0 Å². The summed E-state index contributed by atoms with van der Waals surface area (Å²) in [6.45, 7) is 4.04. The number of aromatic nitrogens is 1. The minimum absolute atomic E-state index is 0.130. The molecular formula is C13H19NO2. The van der Waals surface area contributed by atoms with Crippen molar-refractivity contribution in [1.82, 2.24) is 4.98 Å². The lowest BCUT2D eigenvalue weighted by molar-refractivity contribution is -0.130. The molecule has 0 saturated carbocycles. The van der Waals surface area contributed by atoms with Gasteiger partial charge in [0.15, 0.2) is 0 Å². The van der Waals surface area contributed by atoms with Crippen LogP contribution >= 0.6 is 0 Å². The van der Waals surface area contributed by atoms with E-state index < -0.39 is 5.60 Å². The molecule has 1 saturated heterocycles. The first-order valence-corrected chi connectivity index (χ1v) is 5.84. The van der Waals surface area contributed by atoms with Gasteiger partial charge in [-0.1, -0.05) is 6.07 Å². The van der Waals surface area contributed by atoms with Crippen LogP contribution in [-0.2, 0) is 11.2 Å². The SMILES string of the molecule is CC1CC(O)(Cc2cccnc2)CC(C)O1. The van der Waals surface area contributed by atoms with Crippen molar-refractivity contribution < 1.29 is 9.84 Å². The second-order valence-electron chi connectivity index (χ2n) is 4.93. The highest BCUT2D eigenvalue weighted by Gasteiger charge is 2.36. The molecule has 3 nitrogen and oxygen atoms in total. The molecule has 2 heterocycles. The minimum atomic E-state index is -0.639. The fourth-order valence-corrected chi connectivity index (χ4v) is 2.67. The van der Waals surface area contributed by atoms with E-state index in [4.69, 9.17) is 4.74 Å². The van der Waals surface area contributed by atoms with Crippen molar-refractivity contribution in [2.24, 2.45) is 0 Å². The average Bonchev–Trinajstić information content (AvgIpc) is 2.15. The number of nitrogens with zero attached hydrogens (tertiary/aromatic N) is 1. The van der Waals surface area contributed by atoms with Crippen molar-refractivity contribution in [2.75, 3.05) is 0 Å². The van der Waals surface area contributed by atoms with Gasteiger partial charge in [0.05, 0.1) is 17.8 Å². The van der Waals surface area contributed by atoms with Gasteiger partial charge in [0.1, 0.15) is 0 Å². The van der Waals surface area contributed by atoms with Gasteiger partial charge >= 0.3 is 0 Å². The van der Waals surface area contributed by atoms with Gasteiger partial charge in [-0.3, -0.25) is 4.98 Å². The first-order valence-electron chi connectivity index (χ1n) is 5.84. The van der Waals surface area contributed by atoms with E-state index in [0.717, 1.165) is 5.56 Å². The van der Waals surface area contributed by atoms with E-state index in [2.05, 4.69) is 4.98 Å². The van der Waals surface area contributed by atoms with Crippen LogP contribution in [0.15, 0.2) is 24.5 Å². The summed E-state index contributed by atoms with van der Waals surface area (Å²) in [6, 6.07) is 3.92. The molecule has 0 aromatic carbocycles. The summed E-state index contributed by atoms with van der Waals surface area (Å²) in [5.41, 5.74) is 0.450. The zero-order valence-electron chi connectivity index (χ0n) is 9.89. The van der Waals surface area contributed by atoms with E-state index in [1.807, 2.05) is 32.2 Å². The minimum Gasteiger partial charge on any atom is -0.389 e. The molecule has 0 radical (unpaired) electrons. The monoisotopic (exact) mass is 221 g/mol. The molecule has 2 unspecified atom stereocenters. The molecule has 1 aromatic heterocycles. The summed E-state index contributed by atoms with van der Waals surface area (Å²) in [6.07, 6.45) is 5.90. The zero-order valence-corrected chi connectivity index (χ0v) is 9.89. The van der Waals surface area contributed by atoms with E-state index in [1.54, 1.807) is 6.20 Å². The zero-order chi connectivity index (χ0) is 11.6. The lowest BCUT2D eigenvalue weighted by atomic mass is 9.83. The molecule has 0 amide bonds. The number of aliphatic hydroxyl groups is 1. The lowest BCUT2D eigenvalue weighted by Gasteiger charge is -2.39. The number of hydrogen-bond acceptors (Lipinski definition) is 3. The highest BCUT2D eigenvalue weighted by atomic mass is 16.5. The average molecular weight is 221 g/mol. The summed E-state index contributed by atoms with van der Waals surface area (Å²) in [5.74, 6) is 0. The number of hydrogen-bond donors (Lipinski definition) is 1. The van der Waals surface area contributed by atoms with Crippen LogP contribution in [-0.4, -0.2) is 27.9 Å². The Morgan fingerprint density at radius 1 is 1.44 bits per heavy atom. The van der Waals surface area contributed by atoms with Gasteiger partial charge in [0, 0.05) is 31.7 Å². The lowest BCUT2D eigenvalue weighted by Crippen LogP contribution is -2.44. The normalized spacial score (nSPS) is 34.9. The third kappa shape index (κ3) is 2.80. The molecule has 1 aliphatic heterocycles. The van der Waals surface area contributed by atoms with Crippen LogP contribution in [0, 0.1) is 0 Å². The molecule has 1 fully saturated rings. The second kappa shape index (κ2) is 4.52. The second-order valence-corrected chi connectivity index (χ2v) is 4.93. The molecular weight excluding hydrogens is 202 g/mol. The van der Waals surface area contributed by atoms with E-state index in [-0.39, 0.29) is 12.2 Å². The highest BCUT2D eigenvalue weighted by molar-refractivity contribution is 5.12. The first-order chi connectivity index (χ1) is 7.57. The van der Waals surface area contributed by atoms with Crippen LogP contribution in [0.25, 0.3) is 0 Å². The van der Waals surface area contributed by atoms with E-state index in [0.29, 0.717) is 19.3 Å². The molecule has 1 N–H and O–H groups in total. The van der Waals surface area contributed by atoms with Crippen LogP contribution < -0.4 is 0 Å². The van der Waals surface area contributed by atoms with Gasteiger partial charge in [-0.15, -0.1) is 0 Å². The van der Waals surface area contributed by atoms with Crippen molar-refractivity contribution in [2.45, 2.75) is 50.9 Å². The summed E-state index contributed by atoms with van der Waals surface area (Å²) < 4.78 is 5.64. The van der Waals surface area contributed by atoms with Gasteiger partial charge in [0.2, 0.25) is 0 Å². The van der Waals surface area contributed by atoms with Crippen LogP contribution in [0.2, 0.25) is 0 Å². The maximum atomic E-state index is 10.6. The standard InChI is InChI=1S/C13H19NO2/c1-10-6-13(15,7-11(2)16-10)8-12-4-3-5-14-9-12/h3-5,9-11,15H,6-8H2,1-2H3. The van der Waals surface area contributed by atoms with Crippen molar-refractivity contribution in [1.29, 1.82) is 0 Å². The third-order valence-corrected chi connectivity index (χ3v) is 3.06. The Bertz CT molecular complexity index is 329. The summed E-state index contributed by atoms with van der Waals surface area (Å²) in [5, 5.41) is 10.6. The Balaban J connectivity index is 2.07. The van der Waals surface area contributed by atoms with Crippen LogP contribution in [0.3, 0.4) is 0 Å². The topological polar surface area (TPSA) is 42.4 Å². The van der Waals surface area contributed by atoms with E-state index in [9.17, 15) is 5.11 Å². The molecule has 1 aromatic rings. The fourth-order valence-electron chi connectivity index (χ4n) is 2.67. The summed E-state index contributed by atoms with van der Waals surface area (Å²) in [4.78, 5) is 4.08. The molecule has 16 heavy (non-hydrogen) atoms. The smallest absolute Gasteiger partial charge is 0.0737 e. The van der Waals surface area contributed by atoms with E-state index >= 15 is 0 Å². The third-order valence-electron chi connectivity index (χ3n) is 3.06. The molecule has 1 aliphatic rings. The Kier molecular flexibility index (Phi) is 3.26. The molecule has 2 rings (SSSR count). The number of pyridine rings is 1. The van der Waals surface area contributed by atoms with Crippen molar-refractivity contribution >= 4 is 0 Å². The maximum absolute atomic E-state index is 10.6. The van der Waals surface area contributed by atoms with Gasteiger partial charge in [-0.05, 0) is 25.5 Å². The Morgan fingerprint density at radius 3 is 2.69 bits per heavy atom. The number of rotatable bonds is 2. The Labute approximate surface area is 96.5 Å². The Hall–Kier alpha value is -0.930. The highest BCUT2D eigenvalue weighted by Crippen LogP contribution is 2.31. The van der Waals surface area contributed by atoms with Gasteiger partial charge in [0.25, 0.3) is 0 Å².